The molecule has 1 aromatic heterocycles. The van der Waals surface area contributed by atoms with E-state index in [2.05, 4.69) is 10.4 Å². The van der Waals surface area contributed by atoms with Crippen molar-refractivity contribution < 1.29 is 5.11 Å². The third kappa shape index (κ3) is 3.19. The second kappa shape index (κ2) is 5.92. The molecule has 4 unspecified atom stereocenters. The van der Waals surface area contributed by atoms with Crippen molar-refractivity contribution in [2.45, 2.75) is 64.4 Å². The summed E-state index contributed by atoms with van der Waals surface area (Å²) in [6.45, 7) is 2.04. The van der Waals surface area contributed by atoms with Gasteiger partial charge in [0.25, 0.3) is 0 Å². The monoisotopic (exact) mass is 279 g/mol. The number of rotatable bonds is 3. The number of aliphatic hydroxyl groups is 1. The van der Waals surface area contributed by atoms with E-state index >= 15 is 0 Å². The van der Waals surface area contributed by atoms with E-state index in [-0.39, 0.29) is 6.10 Å². The van der Waals surface area contributed by atoms with Gasteiger partial charge in [0.2, 0.25) is 0 Å². The SMILES string of the molecule is Cc1nc(CC(O)C2CCC3CCCCC3C2)cs1. The van der Waals surface area contributed by atoms with E-state index in [0.29, 0.717) is 5.92 Å². The van der Waals surface area contributed by atoms with Gasteiger partial charge in [0.1, 0.15) is 0 Å². The standard InChI is InChI=1S/C16H25NOS/c1-11-17-15(10-19-11)9-16(18)14-7-6-12-4-2-3-5-13(12)8-14/h10,12-14,16,18H,2-9H2,1H3. The highest BCUT2D eigenvalue weighted by molar-refractivity contribution is 7.09. The molecule has 1 aromatic rings. The first kappa shape index (κ1) is 13.6. The molecule has 19 heavy (non-hydrogen) atoms. The van der Waals surface area contributed by atoms with Gasteiger partial charge in [0.15, 0.2) is 0 Å². The second-order valence-electron chi connectivity index (χ2n) is 6.51. The highest BCUT2D eigenvalue weighted by Crippen LogP contribution is 2.43. The molecule has 2 aliphatic rings. The average Bonchev–Trinajstić information content (AvgIpc) is 2.83. The van der Waals surface area contributed by atoms with Crippen LogP contribution in [0.5, 0.6) is 0 Å². The van der Waals surface area contributed by atoms with Crippen LogP contribution in [-0.2, 0) is 6.42 Å². The first-order valence-corrected chi connectivity index (χ1v) is 8.69. The van der Waals surface area contributed by atoms with Crippen molar-refractivity contribution >= 4 is 11.3 Å². The van der Waals surface area contributed by atoms with Crippen molar-refractivity contribution in [1.82, 2.24) is 4.98 Å². The van der Waals surface area contributed by atoms with Crippen LogP contribution in [0.25, 0.3) is 0 Å². The van der Waals surface area contributed by atoms with Crippen LogP contribution < -0.4 is 0 Å². The van der Waals surface area contributed by atoms with Crippen LogP contribution >= 0.6 is 11.3 Å². The molecule has 4 atom stereocenters. The van der Waals surface area contributed by atoms with Crippen molar-refractivity contribution in [2.24, 2.45) is 17.8 Å². The number of aryl methyl sites for hydroxylation is 1. The van der Waals surface area contributed by atoms with Gasteiger partial charge in [-0.05, 0) is 43.9 Å². The van der Waals surface area contributed by atoms with Crippen LogP contribution in [0, 0.1) is 24.7 Å². The van der Waals surface area contributed by atoms with Gasteiger partial charge < -0.3 is 5.11 Å². The molecule has 3 heteroatoms. The van der Waals surface area contributed by atoms with Crippen molar-refractivity contribution in [3.63, 3.8) is 0 Å². The highest BCUT2D eigenvalue weighted by Gasteiger charge is 2.34. The zero-order chi connectivity index (χ0) is 13.2. The van der Waals surface area contributed by atoms with Crippen molar-refractivity contribution in [3.05, 3.63) is 16.1 Å². The number of hydrogen-bond donors (Lipinski definition) is 1. The Morgan fingerprint density at radius 3 is 2.79 bits per heavy atom. The summed E-state index contributed by atoms with van der Waals surface area (Å²) in [6, 6.07) is 0. The molecular formula is C16H25NOS. The first-order chi connectivity index (χ1) is 9.22. The third-order valence-corrected chi connectivity index (χ3v) is 6.03. The zero-order valence-corrected chi connectivity index (χ0v) is 12.7. The maximum absolute atomic E-state index is 10.5. The van der Waals surface area contributed by atoms with Crippen molar-refractivity contribution in [2.75, 3.05) is 0 Å². The lowest BCUT2D eigenvalue weighted by atomic mass is 9.66. The third-order valence-electron chi connectivity index (χ3n) is 5.21. The van der Waals surface area contributed by atoms with E-state index < -0.39 is 0 Å². The summed E-state index contributed by atoms with van der Waals surface area (Å²) < 4.78 is 0. The summed E-state index contributed by atoms with van der Waals surface area (Å²) in [6.07, 6.45) is 10.1. The molecule has 2 fully saturated rings. The summed E-state index contributed by atoms with van der Waals surface area (Å²) in [4.78, 5) is 4.49. The van der Waals surface area contributed by atoms with Crippen molar-refractivity contribution in [3.8, 4) is 0 Å². The van der Waals surface area contributed by atoms with Gasteiger partial charge in [0, 0.05) is 11.8 Å². The smallest absolute Gasteiger partial charge is 0.0897 e. The van der Waals surface area contributed by atoms with Gasteiger partial charge in [0.05, 0.1) is 16.8 Å². The summed E-state index contributed by atoms with van der Waals surface area (Å²) in [7, 11) is 0. The van der Waals surface area contributed by atoms with Crippen LogP contribution in [0.3, 0.4) is 0 Å². The minimum atomic E-state index is -0.177. The quantitative estimate of drug-likeness (QED) is 0.908. The van der Waals surface area contributed by atoms with Gasteiger partial charge in [-0.2, -0.15) is 0 Å². The molecule has 2 nitrogen and oxygen atoms in total. The fraction of sp³-hybridized carbons (Fsp3) is 0.812. The Morgan fingerprint density at radius 1 is 1.26 bits per heavy atom. The molecule has 2 saturated carbocycles. The summed E-state index contributed by atoms with van der Waals surface area (Å²) in [5, 5.41) is 13.7. The molecule has 0 saturated heterocycles. The Bertz CT molecular complexity index is 417. The lowest BCUT2D eigenvalue weighted by Crippen LogP contribution is -2.34. The van der Waals surface area contributed by atoms with E-state index in [4.69, 9.17) is 0 Å². The molecule has 0 aromatic carbocycles. The maximum atomic E-state index is 10.5. The van der Waals surface area contributed by atoms with Gasteiger partial charge >= 0.3 is 0 Å². The molecule has 106 valence electrons. The van der Waals surface area contributed by atoms with Crippen molar-refractivity contribution in [1.29, 1.82) is 0 Å². The predicted molar refractivity (Wildman–Crippen MR) is 79.4 cm³/mol. The Kier molecular flexibility index (Phi) is 4.23. The number of nitrogens with zero attached hydrogens (tertiary/aromatic N) is 1. The van der Waals surface area contributed by atoms with Crippen LogP contribution in [0.15, 0.2) is 5.38 Å². The number of aliphatic hydroxyl groups excluding tert-OH is 1. The first-order valence-electron chi connectivity index (χ1n) is 7.81. The normalized spacial score (nSPS) is 32.8. The molecule has 0 radical (unpaired) electrons. The minimum Gasteiger partial charge on any atom is -0.392 e. The number of thiazole rings is 1. The molecule has 2 aliphatic carbocycles. The predicted octanol–water partition coefficient (Wildman–Crippen LogP) is 3.96. The lowest BCUT2D eigenvalue weighted by Gasteiger charge is -2.40. The topological polar surface area (TPSA) is 33.1 Å². The number of hydrogen-bond acceptors (Lipinski definition) is 3. The molecule has 0 amide bonds. The molecule has 0 aliphatic heterocycles. The lowest BCUT2D eigenvalue weighted by molar-refractivity contribution is 0.0356. The van der Waals surface area contributed by atoms with E-state index in [1.54, 1.807) is 11.3 Å². The fourth-order valence-corrected chi connectivity index (χ4v) is 4.77. The average molecular weight is 279 g/mol. The van der Waals surface area contributed by atoms with Gasteiger partial charge in [-0.15, -0.1) is 11.3 Å². The number of fused-ring (bicyclic) bond motifs is 1. The van der Waals surface area contributed by atoms with Crippen LogP contribution in [-0.4, -0.2) is 16.2 Å². The van der Waals surface area contributed by atoms with E-state index in [1.165, 1.54) is 44.9 Å². The Hall–Kier alpha value is -0.410. The Labute approximate surface area is 120 Å². The van der Waals surface area contributed by atoms with Crippen LogP contribution in [0.2, 0.25) is 0 Å². The van der Waals surface area contributed by atoms with E-state index in [9.17, 15) is 5.11 Å². The molecule has 3 rings (SSSR count). The van der Waals surface area contributed by atoms with Gasteiger partial charge in [-0.3, -0.25) is 0 Å². The van der Waals surface area contributed by atoms with E-state index in [0.717, 1.165) is 29.0 Å². The highest BCUT2D eigenvalue weighted by atomic mass is 32.1. The fourth-order valence-electron chi connectivity index (χ4n) is 4.14. The summed E-state index contributed by atoms with van der Waals surface area (Å²) in [5.74, 6) is 2.39. The zero-order valence-electron chi connectivity index (χ0n) is 11.8. The van der Waals surface area contributed by atoms with E-state index in [1.807, 2.05) is 6.92 Å². The molecule has 0 spiro atoms. The maximum Gasteiger partial charge on any atom is 0.0897 e. The molecule has 0 bridgehead atoms. The largest absolute Gasteiger partial charge is 0.392 e. The molecular weight excluding hydrogens is 254 g/mol. The Balaban J connectivity index is 1.56. The Morgan fingerprint density at radius 2 is 2.05 bits per heavy atom. The molecule has 1 N–H and O–H groups in total. The van der Waals surface area contributed by atoms with Gasteiger partial charge in [-0.25, -0.2) is 4.98 Å². The number of aromatic nitrogens is 1. The molecule has 1 heterocycles. The minimum absolute atomic E-state index is 0.177. The summed E-state index contributed by atoms with van der Waals surface area (Å²) in [5.41, 5.74) is 1.08. The van der Waals surface area contributed by atoms with Crippen LogP contribution in [0.1, 0.15) is 55.6 Å². The second-order valence-corrected chi connectivity index (χ2v) is 7.57. The van der Waals surface area contributed by atoms with Gasteiger partial charge in [-0.1, -0.05) is 25.7 Å². The van der Waals surface area contributed by atoms with Crippen LogP contribution in [0.4, 0.5) is 0 Å². The summed E-state index contributed by atoms with van der Waals surface area (Å²) >= 11 is 1.69.